The number of benzene rings is 3. The Morgan fingerprint density at radius 3 is 1.94 bits per heavy atom. The summed E-state index contributed by atoms with van der Waals surface area (Å²) in [5.41, 5.74) is -0.615. The minimum absolute atomic E-state index is 0.0391. The van der Waals surface area contributed by atoms with E-state index in [4.69, 9.17) is 14.2 Å². The fourth-order valence-corrected chi connectivity index (χ4v) is 4.46. The molecule has 0 aliphatic rings. The number of halogens is 9. The molecule has 3 rings (SSSR count). The summed E-state index contributed by atoms with van der Waals surface area (Å²) in [4.78, 5) is 36.2. The van der Waals surface area contributed by atoms with Crippen LogP contribution in [-0.4, -0.2) is 55.2 Å². The highest BCUT2D eigenvalue weighted by atomic mass is 19.4. The monoisotopic (exact) mass is 736 g/mol. The maximum absolute atomic E-state index is 15.0. The third-order valence-electron chi connectivity index (χ3n) is 7.34. The van der Waals surface area contributed by atoms with Crippen molar-refractivity contribution in [2.24, 2.45) is 0 Å². The lowest BCUT2D eigenvalue weighted by Crippen LogP contribution is -2.56. The first-order valence-electron chi connectivity index (χ1n) is 15.6. The van der Waals surface area contributed by atoms with Crippen molar-refractivity contribution in [3.05, 3.63) is 83.4 Å². The normalized spacial score (nSPS) is 12.6. The van der Waals surface area contributed by atoms with Crippen molar-refractivity contribution in [3.8, 4) is 22.6 Å². The van der Waals surface area contributed by atoms with Crippen LogP contribution in [0, 0.1) is 11.6 Å². The molecule has 0 aliphatic carbocycles. The molecule has 0 saturated carbocycles. The molecule has 0 N–H and O–H groups in total. The highest BCUT2D eigenvalue weighted by Gasteiger charge is 2.77. The molecule has 0 fully saturated rings. The Balaban J connectivity index is 1.52. The molecule has 1 atom stereocenters. The van der Waals surface area contributed by atoms with Gasteiger partial charge in [0.25, 0.3) is 0 Å². The van der Waals surface area contributed by atoms with Crippen molar-refractivity contribution in [1.29, 1.82) is 0 Å². The SMILES string of the molecule is CCCCCC[C@H](C)OC(=O)c1ccc(OC(=O)c2ccc(-c3ccc(OCCCOC(=O)C(F)(F)C(F)(F)C(F)(F)F)cc3)c(F)c2F)cc1. The van der Waals surface area contributed by atoms with Gasteiger partial charge in [0.1, 0.15) is 11.5 Å². The second-order valence-electron chi connectivity index (χ2n) is 11.3. The van der Waals surface area contributed by atoms with Crippen molar-refractivity contribution < 1.29 is 72.8 Å². The summed E-state index contributed by atoms with van der Waals surface area (Å²) in [6, 6.07) is 12.6. The van der Waals surface area contributed by atoms with Crippen molar-refractivity contribution in [3.63, 3.8) is 0 Å². The van der Waals surface area contributed by atoms with Gasteiger partial charge in [0.05, 0.1) is 30.4 Å². The molecule has 0 aliphatic heterocycles. The van der Waals surface area contributed by atoms with E-state index in [2.05, 4.69) is 11.7 Å². The molecule has 0 radical (unpaired) electrons. The van der Waals surface area contributed by atoms with Crippen molar-refractivity contribution in [2.75, 3.05) is 13.2 Å². The van der Waals surface area contributed by atoms with Crippen LogP contribution < -0.4 is 9.47 Å². The Hall–Kier alpha value is -4.76. The zero-order valence-electron chi connectivity index (χ0n) is 27.3. The van der Waals surface area contributed by atoms with Gasteiger partial charge in [0, 0.05) is 12.0 Å². The molecule has 0 unspecified atom stereocenters. The first-order valence-corrected chi connectivity index (χ1v) is 15.6. The van der Waals surface area contributed by atoms with Crippen LogP contribution in [0.1, 0.15) is 73.1 Å². The molecular formula is C35H33F9O7. The lowest BCUT2D eigenvalue weighted by Gasteiger charge is -2.26. The number of unbranched alkanes of at least 4 members (excludes halogenated alkanes) is 3. The highest BCUT2D eigenvalue weighted by Crippen LogP contribution is 2.47. The van der Waals surface area contributed by atoms with Gasteiger partial charge in [-0.2, -0.15) is 30.7 Å². The molecule has 0 bridgehead atoms. The van der Waals surface area contributed by atoms with E-state index in [1.165, 1.54) is 48.5 Å². The second-order valence-corrected chi connectivity index (χ2v) is 11.3. The summed E-state index contributed by atoms with van der Waals surface area (Å²) in [5.74, 6) is -20.4. The maximum atomic E-state index is 15.0. The zero-order valence-corrected chi connectivity index (χ0v) is 27.3. The van der Waals surface area contributed by atoms with Gasteiger partial charge in [-0.1, -0.05) is 44.4 Å². The summed E-state index contributed by atoms with van der Waals surface area (Å²) in [5, 5.41) is 0. The molecular weight excluding hydrogens is 703 g/mol. The Morgan fingerprint density at radius 2 is 1.33 bits per heavy atom. The van der Waals surface area contributed by atoms with Gasteiger partial charge >= 0.3 is 35.9 Å². The Labute approximate surface area is 286 Å². The molecule has 0 amide bonds. The van der Waals surface area contributed by atoms with Gasteiger partial charge in [-0.3, -0.25) is 0 Å². The smallest absolute Gasteiger partial charge is 0.460 e. The average molecular weight is 737 g/mol. The van der Waals surface area contributed by atoms with Crippen LogP contribution in [0.4, 0.5) is 39.5 Å². The number of carbonyl (C=O) groups excluding carboxylic acids is 3. The minimum Gasteiger partial charge on any atom is -0.493 e. The molecule has 0 spiro atoms. The van der Waals surface area contributed by atoms with Gasteiger partial charge < -0.3 is 18.9 Å². The maximum Gasteiger partial charge on any atom is 0.460 e. The summed E-state index contributed by atoms with van der Waals surface area (Å²) < 4.78 is 139. The molecule has 16 heteroatoms. The first kappa shape index (κ1) is 40.7. The van der Waals surface area contributed by atoms with Gasteiger partial charge in [0.2, 0.25) is 0 Å². The fourth-order valence-electron chi connectivity index (χ4n) is 4.46. The van der Waals surface area contributed by atoms with Crippen LogP contribution in [0.2, 0.25) is 0 Å². The number of carbonyl (C=O) groups is 3. The van der Waals surface area contributed by atoms with Crippen LogP contribution >= 0.6 is 0 Å². The van der Waals surface area contributed by atoms with Crippen LogP contribution in [0.15, 0.2) is 60.7 Å². The Morgan fingerprint density at radius 1 is 0.706 bits per heavy atom. The van der Waals surface area contributed by atoms with E-state index in [0.717, 1.165) is 44.2 Å². The van der Waals surface area contributed by atoms with Gasteiger partial charge in [-0.05, 0) is 67.8 Å². The Bertz CT molecular complexity index is 1640. The molecule has 3 aromatic carbocycles. The standard InChI is InChI=1S/C35H33F9O7/c1-3-4-5-6-8-21(2)50-30(45)23-11-15-25(16-12-23)51-31(46)27-18-17-26(28(36)29(27)37)22-9-13-24(14-10-22)48-19-7-20-49-32(47)33(38,39)34(40,41)35(42,43)44/h9-18,21H,3-8,19-20H2,1-2H3/t21-/m0/s1. The highest BCUT2D eigenvalue weighted by molar-refractivity contribution is 5.93. The first-order chi connectivity index (χ1) is 23.9. The minimum atomic E-state index is -6.69. The topological polar surface area (TPSA) is 88.1 Å². The lowest BCUT2D eigenvalue weighted by molar-refractivity contribution is -0.348. The van der Waals surface area contributed by atoms with E-state index < -0.39 is 59.7 Å². The van der Waals surface area contributed by atoms with Gasteiger partial charge in [-0.25, -0.2) is 23.2 Å². The van der Waals surface area contributed by atoms with Crippen molar-refractivity contribution >= 4 is 17.9 Å². The molecule has 278 valence electrons. The molecule has 7 nitrogen and oxygen atoms in total. The van der Waals surface area contributed by atoms with E-state index in [-0.39, 0.29) is 47.3 Å². The Kier molecular flexibility index (Phi) is 13.9. The molecule has 0 saturated heterocycles. The lowest BCUT2D eigenvalue weighted by atomic mass is 10.0. The summed E-state index contributed by atoms with van der Waals surface area (Å²) in [6.45, 7) is 2.55. The number of esters is 3. The van der Waals surface area contributed by atoms with E-state index >= 15 is 4.39 Å². The van der Waals surface area contributed by atoms with Crippen LogP contribution in [0.3, 0.4) is 0 Å². The van der Waals surface area contributed by atoms with Crippen LogP contribution in [0.25, 0.3) is 11.1 Å². The van der Waals surface area contributed by atoms with Crippen molar-refractivity contribution in [1.82, 2.24) is 0 Å². The fraction of sp³-hybridized carbons (Fsp3) is 0.400. The molecule has 51 heavy (non-hydrogen) atoms. The van der Waals surface area contributed by atoms with E-state index in [1.54, 1.807) is 6.92 Å². The van der Waals surface area contributed by atoms with Gasteiger partial charge in [-0.15, -0.1) is 0 Å². The zero-order chi connectivity index (χ0) is 38.0. The number of rotatable bonds is 17. The third kappa shape index (κ3) is 10.4. The van der Waals surface area contributed by atoms with Crippen molar-refractivity contribution in [2.45, 2.75) is 76.5 Å². The summed E-state index contributed by atoms with van der Waals surface area (Å²) >= 11 is 0. The number of alkyl halides is 7. The third-order valence-corrected chi connectivity index (χ3v) is 7.34. The van der Waals surface area contributed by atoms with E-state index in [0.29, 0.717) is 0 Å². The van der Waals surface area contributed by atoms with Crippen LogP contribution in [-0.2, 0) is 14.3 Å². The largest absolute Gasteiger partial charge is 0.493 e. The quantitative estimate of drug-likeness (QED) is 0.0591. The predicted molar refractivity (Wildman–Crippen MR) is 164 cm³/mol. The molecule has 0 aromatic heterocycles. The summed E-state index contributed by atoms with van der Waals surface area (Å²) in [7, 11) is 0. The van der Waals surface area contributed by atoms with E-state index in [1.807, 2.05) is 0 Å². The van der Waals surface area contributed by atoms with E-state index in [9.17, 15) is 49.5 Å². The molecule has 3 aromatic rings. The number of hydrogen-bond acceptors (Lipinski definition) is 7. The predicted octanol–water partition coefficient (Wildman–Crippen LogP) is 9.51. The molecule has 0 heterocycles. The average Bonchev–Trinajstić information content (AvgIpc) is 3.07. The number of hydrogen-bond donors (Lipinski definition) is 0. The van der Waals surface area contributed by atoms with Gasteiger partial charge in [0.15, 0.2) is 11.6 Å². The summed E-state index contributed by atoms with van der Waals surface area (Å²) in [6.07, 6.45) is -2.48. The number of ether oxygens (including phenoxy) is 4. The second kappa shape index (κ2) is 17.4. The van der Waals surface area contributed by atoms with Crippen LogP contribution in [0.5, 0.6) is 11.5 Å².